The molecule has 0 saturated heterocycles. The molecule has 2 nitrogen and oxygen atoms in total. The van der Waals surface area contributed by atoms with Crippen LogP contribution in [0.2, 0.25) is 0 Å². The highest BCUT2D eigenvalue weighted by Crippen LogP contribution is 2.14. The zero-order valence-corrected chi connectivity index (χ0v) is 9.11. The van der Waals surface area contributed by atoms with Gasteiger partial charge in [-0.1, -0.05) is 30.3 Å². The Morgan fingerprint density at radius 3 is 2.67 bits per heavy atom. The van der Waals surface area contributed by atoms with Gasteiger partial charge in [0.2, 0.25) is 0 Å². The van der Waals surface area contributed by atoms with Crippen LogP contribution >= 0.6 is 0 Å². The average Bonchev–Trinajstić information content (AvgIpc) is 2.28. The number of ether oxygens (including phenoxy) is 1. The van der Waals surface area contributed by atoms with Gasteiger partial charge in [0.1, 0.15) is 0 Å². The first kappa shape index (κ1) is 11.9. The van der Waals surface area contributed by atoms with Crippen LogP contribution < -0.4 is 0 Å². The zero-order chi connectivity index (χ0) is 10.9. The third-order valence-electron chi connectivity index (χ3n) is 2.47. The van der Waals surface area contributed by atoms with Crippen molar-refractivity contribution in [3.05, 3.63) is 35.9 Å². The molecule has 0 aliphatic rings. The van der Waals surface area contributed by atoms with Gasteiger partial charge in [-0.15, -0.1) is 0 Å². The maximum Gasteiger partial charge on any atom is 0.198 e. The Bertz CT molecular complexity index is 269. The van der Waals surface area contributed by atoms with Gasteiger partial charge < -0.3 is 4.74 Å². The summed E-state index contributed by atoms with van der Waals surface area (Å²) < 4.78 is 5.03. The van der Waals surface area contributed by atoms with Crippen molar-refractivity contribution >= 4 is 6.29 Å². The third-order valence-corrected chi connectivity index (χ3v) is 2.47. The molecule has 1 aromatic carbocycles. The summed E-state index contributed by atoms with van der Waals surface area (Å²) in [7, 11) is 1.68. The minimum absolute atomic E-state index is 0.352. The van der Waals surface area contributed by atoms with Crippen molar-refractivity contribution in [1.82, 2.24) is 0 Å². The summed E-state index contributed by atoms with van der Waals surface area (Å²) in [5.41, 5.74) is 1.27. The van der Waals surface area contributed by atoms with Gasteiger partial charge in [-0.05, 0) is 24.3 Å². The summed E-state index contributed by atoms with van der Waals surface area (Å²) in [6.45, 7) is 0.708. The lowest BCUT2D eigenvalue weighted by atomic mass is 9.94. The van der Waals surface area contributed by atoms with Crippen molar-refractivity contribution in [2.24, 2.45) is 5.92 Å². The van der Waals surface area contributed by atoms with Gasteiger partial charge >= 0.3 is 0 Å². The Morgan fingerprint density at radius 1 is 1.33 bits per heavy atom. The van der Waals surface area contributed by atoms with Crippen LogP contribution in [0.4, 0.5) is 0 Å². The monoisotopic (exact) mass is 205 g/mol. The molecule has 81 valence electrons. The molecule has 0 fully saturated rings. The molecular weight excluding hydrogens is 188 g/mol. The van der Waals surface area contributed by atoms with E-state index < -0.39 is 0 Å². The maximum atomic E-state index is 10.4. The fraction of sp³-hybridized carbons (Fsp3) is 0.462. The molecule has 0 bridgehead atoms. The van der Waals surface area contributed by atoms with E-state index in [1.807, 2.05) is 24.5 Å². The van der Waals surface area contributed by atoms with Crippen LogP contribution in [-0.4, -0.2) is 20.0 Å². The van der Waals surface area contributed by atoms with Gasteiger partial charge in [-0.2, -0.15) is 0 Å². The minimum atomic E-state index is 0.352. The van der Waals surface area contributed by atoms with Crippen molar-refractivity contribution in [3.8, 4) is 0 Å². The van der Waals surface area contributed by atoms with E-state index >= 15 is 0 Å². The van der Waals surface area contributed by atoms with Crippen molar-refractivity contribution < 1.29 is 9.53 Å². The first-order valence-corrected chi connectivity index (χ1v) is 5.24. The molecule has 0 saturated carbocycles. The largest absolute Gasteiger partial charge is 0.385 e. The van der Waals surface area contributed by atoms with Gasteiger partial charge in [0, 0.05) is 20.1 Å². The van der Waals surface area contributed by atoms with E-state index in [0.717, 1.165) is 12.8 Å². The summed E-state index contributed by atoms with van der Waals surface area (Å²) in [5, 5.41) is 0. The highest BCUT2D eigenvalue weighted by atomic mass is 16.5. The van der Waals surface area contributed by atoms with Gasteiger partial charge in [0.05, 0.1) is 0 Å². The summed E-state index contributed by atoms with van der Waals surface area (Å²) in [4.78, 5) is 10.4. The molecule has 0 aliphatic heterocycles. The number of hydrogen-bond donors (Lipinski definition) is 0. The van der Waals surface area contributed by atoms with E-state index in [-0.39, 0.29) is 0 Å². The molecule has 0 heterocycles. The molecule has 0 aliphatic carbocycles. The Balaban J connectivity index is 2.46. The first-order chi connectivity index (χ1) is 7.36. The van der Waals surface area contributed by atoms with E-state index in [1.165, 1.54) is 5.56 Å². The van der Waals surface area contributed by atoms with Crippen LogP contribution in [0.1, 0.15) is 18.4 Å². The topological polar surface area (TPSA) is 26.3 Å². The van der Waals surface area contributed by atoms with E-state index in [0.29, 0.717) is 18.9 Å². The van der Waals surface area contributed by atoms with E-state index in [9.17, 15) is 4.79 Å². The van der Waals surface area contributed by atoms with Crippen molar-refractivity contribution in [2.75, 3.05) is 13.7 Å². The van der Waals surface area contributed by atoms with Gasteiger partial charge in [0.15, 0.2) is 6.29 Å². The standard InChI is InChI=1S/C13H17O2/c1-15-10-8-13(7-9-14)11-12-5-3-2-4-6-12/h2-6,13H,7-8,10-11H2,1H3. The summed E-state index contributed by atoms with van der Waals surface area (Å²) in [5.74, 6) is 0.352. The van der Waals surface area contributed by atoms with Crippen LogP contribution in [0.5, 0.6) is 0 Å². The molecule has 0 spiro atoms. The van der Waals surface area contributed by atoms with Gasteiger partial charge in [0.25, 0.3) is 0 Å². The molecule has 15 heavy (non-hydrogen) atoms. The van der Waals surface area contributed by atoms with Crippen LogP contribution in [-0.2, 0) is 16.0 Å². The Kier molecular flexibility index (Phi) is 5.71. The first-order valence-electron chi connectivity index (χ1n) is 5.24. The number of benzene rings is 1. The second-order valence-electron chi connectivity index (χ2n) is 3.69. The summed E-state index contributed by atoms with van der Waals surface area (Å²) in [6.07, 6.45) is 4.34. The molecule has 1 aromatic rings. The molecular formula is C13H17O2. The smallest absolute Gasteiger partial charge is 0.198 e. The molecule has 0 amide bonds. The molecule has 0 aromatic heterocycles. The normalized spacial score (nSPS) is 12.3. The second kappa shape index (κ2) is 7.18. The molecule has 0 N–H and O–H groups in total. The van der Waals surface area contributed by atoms with E-state index in [4.69, 9.17) is 4.74 Å². The molecule has 1 rings (SSSR count). The number of carbonyl (C=O) groups excluding carboxylic acids is 1. The van der Waals surface area contributed by atoms with Gasteiger partial charge in [-0.25, -0.2) is 0 Å². The Hall–Kier alpha value is -1.15. The Morgan fingerprint density at radius 2 is 2.07 bits per heavy atom. The predicted octanol–water partition coefficient (Wildman–Crippen LogP) is 2.38. The van der Waals surface area contributed by atoms with Crippen LogP contribution in [0, 0.1) is 5.92 Å². The van der Waals surface area contributed by atoms with Gasteiger partial charge in [-0.3, -0.25) is 4.79 Å². The quantitative estimate of drug-likeness (QED) is 0.683. The van der Waals surface area contributed by atoms with Crippen molar-refractivity contribution in [2.45, 2.75) is 19.3 Å². The lowest BCUT2D eigenvalue weighted by molar-refractivity contribution is 0.178. The summed E-state index contributed by atoms with van der Waals surface area (Å²) in [6, 6.07) is 10.2. The van der Waals surface area contributed by atoms with Crippen molar-refractivity contribution in [1.29, 1.82) is 0 Å². The third kappa shape index (κ3) is 4.75. The highest BCUT2D eigenvalue weighted by Gasteiger charge is 2.09. The fourth-order valence-corrected chi connectivity index (χ4v) is 1.63. The SMILES string of the molecule is COCCC(C[C]=O)Cc1ccccc1. The maximum absolute atomic E-state index is 10.4. The lowest BCUT2D eigenvalue weighted by Gasteiger charge is -2.13. The van der Waals surface area contributed by atoms with E-state index in [1.54, 1.807) is 7.11 Å². The van der Waals surface area contributed by atoms with Crippen LogP contribution in [0.15, 0.2) is 30.3 Å². The number of rotatable bonds is 7. The molecule has 1 unspecified atom stereocenters. The molecule has 1 atom stereocenters. The Labute approximate surface area is 91.3 Å². The lowest BCUT2D eigenvalue weighted by Crippen LogP contribution is -2.08. The average molecular weight is 205 g/mol. The molecule has 2 heteroatoms. The number of methoxy groups -OCH3 is 1. The summed E-state index contributed by atoms with van der Waals surface area (Å²) >= 11 is 0. The second-order valence-corrected chi connectivity index (χ2v) is 3.69. The van der Waals surface area contributed by atoms with Crippen LogP contribution in [0.3, 0.4) is 0 Å². The predicted molar refractivity (Wildman–Crippen MR) is 60.4 cm³/mol. The minimum Gasteiger partial charge on any atom is -0.385 e. The highest BCUT2D eigenvalue weighted by molar-refractivity contribution is 5.50. The van der Waals surface area contributed by atoms with E-state index in [2.05, 4.69) is 12.1 Å². The fourth-order valence-electron chi connectivity index (χ4n) is 1.63. The van der Waals surface area contributed by atoms with Crippen LogP contribution in [0.25, 0.3) is 0 Å². The number of hydrogen-bond acceptors (Lipinski definition) is 2. The zero-order valence-electron chi connectivity index (χ0n) is 9.11. The molecule has 1 radical (unpaired) electrons. The van der Waals surface area contributed by atoms with Crippen molar-refractivity contribution in [3.63, 3.8) is 0 Å².